The molecule has 2 aliphatic heterocycles. The van der Waals surface area contributed by atoms with Gasteiger partial charge in [-0.05, 0) is 31.7 Å². The zero-order valence-electron chi connectivity index (χ0n) is 19.5. The van der Waals surface area contributed by atoms with Gasteiger partial charge >= 0.3 is 0 Å². The van der Waals surface area contributed by atoms with Gasteiger partial charge in [0.2, 0.25) is 17.6 Å². The summed E-state index contributed by atoms with van der Waals surface area (Å²) < 4.78 is 13.4. The van der Waals surface area contributed by atoms with Crippen molar-refractivity contribution in [2.24, 2.45) is 11.7 Å². The maximum absolute atomic E-state index is 11.2. The van der Waals surface area contributed by atoms with Crippen LogP contribution in [0.1, 0.15) is 25.7 Å². The van der Waals surface area contributed by atoms with E-state index in [0.29, 0.717) is 30.7 Å². The van der Waals surface area contributed by atoms with Crippen molar-refractivity contribution >= 4 is 28.4 Å². The summed E-state index contributed by atoms with van der Waals surface area (Å²) in [5, 5.41) is 6.06. The number of para-hydroxylation sites is 1. The van der Waals surface area contributed by atoms with Crippen molar-refractivity contribution in [3.05, 3.63) is 35.3 Å². The highest BCUT2D eigenvalue weighted by Crippen LogP contribution is 2.34. The molecular formula is C24H31ClN6O3. The standard InChI is InChI=1S/C24H31ClN6O3/c1-16-11-29(14-21(26)32)7-8-30(16)15-22-27-24(28-34-22)19-13-31(12-17-5-9-33-10-6-17)23-18(19)3-2-4-20(23)25/h2-4,13,16-17H,5-12,14-15H2,1H3,(H2,26,32)/t16-/m0/s1. The van der Waals surface area contributed by atoms with Crippen molar-refractivity contribution in [1.82, 2.24) is 24.5 Å². The fourth-order valence-corrected chi connectivity index (χ4v) is 5.40. The van der Waals surface area contributed by atoms with Crippen LogP contribution in [0.3, 0.4) is 0 Å². The van der Waals surface area contributed by atoms with Gasteiger partial charge in [0.05, 0.1) is 23.6 Å². The molecule has 0 unspecified atom stereocenters. The molecule has 0 bridgehead atoms. The van der Waals surface area contributed by atoms with Crippen LogP contribution in [0.4, 0.5) is 0 Å². The van der Waals surface area contributed by atoms with Crippen LogP contribution in [0.15, 0.2) is 28.9 Å². The molecule has 2 aliphatic rings. The average Bonchev–Trinajstić information content (AvgIpc) is 3.41. The van der Waals surface area contributed by atoms with E-state index >= 15 is 0 Å². The number of primary amides is 1. The Morgan fingerprint density at radius 3 is 2.85 bits per heavy atom. The molecule has 0 spiro atoms. The number of carbonyl (C=O) groups is 1. The molecule has 9 nitrogen and oxygen atoms in total. The summed E-state index contributed by atoms with van der Waals surface area (Å²) in [6.45, 7) is 7.89. The minimum Gasteiger partial charge on any atom is -0.381 e. The molecule has 4 heterocycles. The second kappa shape index (κ2) is 10.0. The zero-order valence-corrected chi connectivity index (χ0v) is 20.2. The minimum absolute atomic E-state index is 0.253. The first-order valence-electron chi connectivity index (χ1n) is 11.9. The number of benzene rings is 1. The SMILES string of the molecule is C[C@H]1CN(CC(N)=O)CCN1Cc1nc(-c2cn(CC3CCOCC3)c3c(Cl)cccc23)no1. The quantitative estimate of drug-likeness (QED) is 0.547. The molecule has 34 heavy (non-hydrogen) atoms. The average molecular weight is 487 g/mol. The summed E-state index contributed by atoms with van der Waals surface area (Å²) in [6.07, 6.45) is 4.21. The van der Waals surface area contributed by atoms with Crippen molar-refractivity contribution in [3.8, 4) is 11.4 Å². The third-order valence-corrected chi connectivity index (χ3v) is 7.23. The minimum atomic E-state index is -0.293. The Hall–Kier alpha value is -2.46. The van der Waals surface area contributed by atoms with Gasteiger partial charge in [-0.25, -0.2) is 0 Å². The van der Waals surface area contributed by atoms with Crippen molar-refractivity contribution < 1.29 is 14.1 Å². The maximum Gasteiger partial charge on any atom is 0.241 e. The highest BCUT2D eigenvalue weighted by atomic mass is 35.5. The summed E-state index contributed by atoms with van der Waals surface area (Å²) in [7, 11) is 0. The lowest BCUT2D eigenvalue weighted by Crippen LogP contribution is -2.53. The number of piperazine rings is 1. The molecule has 2 aromatic heterocycles. The molecule has 1 amide bonds. The van der Waals surface area contributed by atoms with Crippen LogP contribution >= 0.6 is 11.6 Å². The Balaban J connectivity index is 1.34. The number of halogens is 1. The fourth-order valence-electron chi connectivity index (χ4n) is 5.12. The number of carbonyl (C=O) groups excluding carboxylic acids is 1. The molecule has 182 valence electrons. The van der Waals surface area contributed by atoms with Crippen molar-refractivity contribution in [2.75, 3.05) is 39.4 Å². The maximum atomic E-state index is 11.2. The Morgan fingerprint density at radius 2 is 2.09 bits per heavy atom. The second-order valence-corrected chi connectivity index (χ2v) is 9.83. The number of aromatic nitrogens is 3. The van der Waals surface area contributed by atoms with Crippen LogP contribution in [0, 0.1) is 5.92 Å². The van der Waals surface area contributed by atoms with Gasteiger partial charge in [0, 0.05) is 62.6 Å². The van der Waals surface area contributed by atoms with Crippen molar-refractivity contribution in [3.63, 3.8) is 0 Å². The number of ether oxygens (including phenoxy) is 1. The first kappa shape index (κ1) is 23.3. The highest BCUT2D eigenvalue weighted by molar-refractivity contribution is 6.35. The number of nitrogens with zero attached hydrogens (tertiary/aromatic N) is 5. The Bertz CT molecular complexity index is 1150. The van der Waals surface area contributed by atoms with E-state index in [9.17, 15) is 4.79 Å². The summed E-state index contributed by atoms with van der Waals surface area (Å²) in [5.74, 6) is 1.42. The van der Waals surface area contributed by atoms with Gasteiger partial charge in [0.15, 0.2) is 0 Å². The normalized spacial score (nSPS) is 20.8. The molecule has 10 heteroatoms. The first-order chi connectivity index (χ1) is 16.5. The largest absolute Gasteiger partial charge is 0.381 e. The molecule has 2 N–H and O–H groups in total. The summed E-state index contributed by atoms with van der Waals surface area (Å²) in [5.41, 5.74) is 7.28. The second-order valence-electron chi connectivity index (χ2n) is 9.42. The van der Waals surface area contributed by atoms with Gasteiger partial charge < -0.3 is 19.6 Å². The van der Waals surface area contributed by atoms with E-state index in [2.05, 4.69) is 38.7 Å². The van der Waals surface area contributed by atoms with E-state index in [0.717, 1.165) is 73.7 Å². The Labute approximate surface area is 203 Å². The number of hydrogen-bond acceptors (Lipinski definition) is 7. The number of nitrogens with two attached hydrogens (primary N) is 1. The molecular weight excluding hydrogens is 456 g/mol. The van der Waals surface area contributed by atoms with Crippen LogP contribution in [-0.2, 0) is 22.6 Å². The van der Waals surface area contributed by atoms with Crippen molar-refractivity contribution in [2.45, 2.75) is 38.9 Å². The van der Waals surface area contributed by atoms with Gasteiger partial charge in [0.1, 0.15) is 0 Å². The molecule has 5 rings (SSSR count). The highest BCUT2D eigenvalue weighted by Gasteiger charge is 2.27. The van der Waals surface area contributed by atoms with E-state index < -0.39 is 0 Å². The van der Waals surface area contributed by atoms with Gasteiger partial charge in [0.25, 0.3) is 0 Å². The van der Waals surface area contributed by atoms with Gasteiger partial charge in [-0.1, -0.05) is 28.9 Å². The van der Waals surface area contributed by atoms with Crippen LogP contribution in [-0.4, -0.2) is 75.8 Å². The number of rotatable bonds is 7. The number of amides is 1. The zero-order chi connectivity index (χ0) is 23.7. The fraction of sp³-hybridized carbons (Fsp3) is 0.542. The lowest BCUT2D eigenvalue weighted by atomic mass is 10.0. The predicted molar refractivity (Wildman–Crippen MR) is 129 cm³/mol. The van der Waals surface area contributed by atoms with Crippen molar-refractivity contribution in [1.29, 1.82) is 0 Å². The Kier molecular flexibility index (Phi) is 6.87. The van der Waals surface area contributed by atoms with Gasteiger partial charge in [-0.2, -0.15) is 4.98 Å². The number of hydrogen-bond donors (Lipinski definition) is 1. The van der Waals surface area contributed by atoms with E-state index in [1.807, 2.05) is 12.1 Å². The van der Waals surface area contributed by atoms with Crippen LogP contribution in [0.25, 0.3) is 22.3 Å². The number of fused-ring (bicyclic) bond motifs is 1. The summed E-state index contributed by atoms with van der Waals surface area (Å²) in [6, 6.07) is 6.20. The molecule has 2 saturated heterocycles. The predicted octanol–water partition coefficient (Wildman–Crippen LogP) is 2.76. The van der Waals surface area contributed by atoms with Crippen LogP contribution < -0.4 is 5.73 Å². The van der Waals surface area contributed by atoms with Crippen LogP contribution in [0.2, 0.25) is 5.02 Å². The monoisotopic (exact) mass is 486 g/mol. The van der Waals surface area contributed by atoms with E-state index in [-0.39, 0.29) is 11.9 Å². The molecule has 3 aromatic rings. The molecule has 1 atom stereocenters. The lowest BCUT2D eigenvalue weighted by Gasteiger charge is -2.38. The molecule has 0 saturated carbocycles. The molecule has 0 radical (unpaired) electrons. The topological polar surface area (TPSA) is 103 Å². The molecule has 1 aromatic carbocycles. The third-order valence-electron chi connectivity index (χ3n) is 6.92. The third kappa shape index (κ3) is 4.98. The van der Waals surface area contributed by atoms with Gasteiger partial charge in [-0.3, -0.25) is 14.6 Å². The van der Waals surface area contributed by atoms with E-state index in [1.165, 1.54) is 0 Å². The summed E-state index contributed by atoms with van der Waals surface area (Å²) >= 11 is 6.62. The van der Waals surface area contributed by atoms with E-state index in [4.69, 9.17) is 31.6 Å². The van der Waals surface area contributed by atoms with E-state index in [1.54, 1.807) is 0 Å². The first-order valence-corrected chi connectivity index (χ1v) is 12.3. The Morgan fingerprint density at radius 1 is 1.26 bits per heavy atom. The summed E-state index contributed by atoms with van der Waals surface area (Å²) in [4.78, 5) is 20.3. The lowest BCUT2D eigenvalue weighted by molar-refractivity contribution is -0.119. The molecule has 0 aliphatic carbocycles. The molecule has 2 fully saturated rings. The smallest absolute Gasteiger partial charge is 0.241 e. The van der Waals surface area contributed by atoms with Gasteiger partial charge in [-0.15, -0.1) is 0 Å². The van der Waals surface area contributed by atoms with Crippen LogP contribution in [0.5, 0.6) is 0 Å².